The first kappa shape index (κ1) is 11.7. The number of pyridine rings is 1. The Balaban J connectivity index is 2.24. The molecule has 90 valence electrons. The normalized spacial score (nSPS) is 10.8. The van der Waals surface area contributed by atoms with E-state index in [1.54, 1.807) is 6.20 Å². The third-order valence-electron chi connectivity index (χ3n) is 2.49. The van der Waals surface area contributed by atoms with Crippen LogP contribution in [0.15, 0.2) is 16.8 Å². The van der Waals surface area contributed by atoms with E-state index in [4.69, 9.17) is 10.3 Å². The fraction of sp³-hybridized carbons (Fsp3) is 0.417. The summed E-state index contributed by atoms with van der Waals surface area (Å²) in [6.45, 7) is 4.62. The molecule has 0 aliphatic rings. The molecule has 2 N–H and O–H groups in total. The van der Waals surface area contributed by atoms with Crippen LogP contribution in [0, 0.1) is 13.8 Å². The number of hydrogen-bond donors (Lipinski definition) is 1. The number of rotatable bonds is 4. The second-order valence-electron chi connectivity index (χ2n) is 4.08. The van der Waals surface area contributed by atoms with Crippen LogP contribution in [0.3, 0.4) is 0 Å². The molecular formula is C12H16N4O. The zero-order valence-corrected chi connectivity index (χ0v) is 10.1. The van der Waals surface area contributed by atoms with Gasteiger partial charge in [0.2, 0.25) is 11.7 Å². The van der Waals surface area contributed by atoms with Crippen molar-refractivity contribution in [3.8, 4) is 11.5 Å². The highest BCUT2D eigenvalue weighted by atomic mass is 16.5. The molecular weight excluding hydrogens is 216 g/mol. The fourth-order valence-corrected chi connectivity index (χ4v) is 1.66. The molecule has 0 fully saturated rings. The maximum Gasteiger partial charge on any atom is 0.227 e. The second-order valence-corrected chi connectivity index (χ2v) is 4.08. The molecule has 0 bridgehead atoms. The number of nitrogens with zero attached hydrogens (tertiary/aromatic N) is 3. The predicted molar refractivity (Wildman–Crippen MR) is 64.4 cm³/mol. The number of nitrogens with two attached hydrogens (primary N) is 1. The molecule has 17 heavy (non-hydrogen) atoms. The Hall–Kier alpha value is -1.75. The molecule has 0 aliphatic heterocycles. The third-order valence-corrected chi connectivity index (χ3v) is 2.49. The topological polar surface area (TPSA) is 77.8 Å². The van der Waals surface area contributed by atoms with Gasteiger partial charge in [0.15, 0.2) is 0 Å². The minimum atomic E-state index is 0.550. The molecule has 5 nitrogen and oxygen atoms in total. The van der Waals surface area contributed by atoms with Crippen molar-refractivity contribution in [2.75, 3.05) is 6.54 Å². The van der Waals surface area contributed by atoms with Gasteiger partial charge in [-0.25, -0.2) is 0 Å². The first-order valence-corrected chi connectivity index (χ1v) is 5.67. The van der Waals surface area contributed by atoms with E-state index >= 15 is 0 Å². The smallest absolute Gasteiger partial charge is 0.227 e. The third kappa shape index (κ3) is 2.68. The lowest BCUT2D eigenvalue weighted by Crippen LogP contribution is -2.00. The van der Waals surface area contributed by atoms with Gasteiger partial charge < -0.3 is 10.3 Å². The molecule has 2 rings (SSSR count). The molecule has 0 atom stereocenters. The number of aryl methyl sites for hydroxylation is 3. The van der Waals surface area contributed by atoms with Gasteiger partial charge in [-0.05, 0) is 37.9 Å². The van der Waals surface area contributed by atoms with Gasteiger partial charge in [0.1, 0.15) is 5.69 Å². The largest absolute Gasteiger partial charge is 0.339 e. The van der Waals surface area contributed by atoms with E-state index in [1.807, 2.05) is 13.8 Å². The summed E-state index contributed by atoms with van der Waals surface area (Å²) in [7, 11) is 0. The van der Waals surface area contributed by atoms with E-state index < -0.39 is 0 Å². The fourth-order valence-electron chi connectivity index (χ4n) is 1.66. The summed E-state index contributed by atoms with van der Waals surface area (Å²) < 4.78 is 5.15. The zero-order valence-electron chi connectivity index (χ0n) is 10.1. The van der Waals surface area contributed by atoms with Crippen molar-refractivity contribution in [3.63, 3.8) is 0 Å². The zero-order chi connectivity index (χ0) is 12.3. The molecule has 0 unspecified atom stereocenters. The van der Waals surface area contributed by atoms with E-state index in [-0.39, 0.29) is 0 Å². The van der Waals surface area contributed by atoms with E-state index in [0.717, 1.165) is 23.2 Å². The predicted octanol–water partition coefficient (Wildman–Crippen LogP) is 1.64. The summed E-state index contributed by atoms with van der Waals surface area (Å²) in [6.07, 6.45) is 3.37. The van der Waals surface area contributed by atoms with Gasteiger partial charge in [0, 0.05) is 12.6 Å². The highest BCUT2D eigenvalue weighted by molar-refractivity contribution is 5.53. The number of aromatic nitrogens is 3. The van der Waals surface area contributed by atoms with Crippen molar-refractivity contribution in [2.24, 2.45) is 5.73 Å². The van der Waals surface area contributed by atoms with Gasteiger partial charge in [0.05, 0.1) is 0 Å². The standard InChI is InChI=1S/C12H16N4O/c1-8-6-9(2)11(14-7-8)12-15-10(17-16-12)4-3-5-13/h6-7H,3-5,13H2,1-2H3. The van der Waals surface area contributed by atoms with E-state index in [9.17, 15) is 0 Å². The van der Waals surface area contributed by atoms with Crippen LogP contribution in [-0.4, -0.2) is 21.7 Å². The van der Waals surface area contributed by atoms with Crippen molar-refractivity contribution in [2.45, 2.75) is 26.7 Å². The Kier molecular flexibility index (Phi) is 3.49. The lowest BCUT2D eigenvalue weighted by atomic mass is 10.1. The average Bonchev–Trinajstić information content (AvgIpc) is 2.75. The van der Waals surface area contributed by atoms with Gasteiger partial charge in [-0.2, -0.15) is 4.98 Å². The summed E-state index contributed by atoms with van der Waals surface area (Å²) in [5.41, 5.74) is 8.38. The van der Waals surface area contributed by atoms with Crippen LogP contribution in [0.2, 0.25) is 0 Å². The summed E-state index contributed by atoms with van der Waals surface area (Å²) in [5, 5.41) is 3.94. The Morgan fingerprint density at radius 2 is 2.18 bits per heavy atom. The van der Waals surface area contributed by atoms with E-state index in [0.29, 0.717) is 24.7 Å². The SMILES string of the molecule is Cc1cnc(-c2noc(CCCN)n2)c(C)c1. The Morgan fingerprint density at radius 3 is 2.88 bits per heavy atom. The van der Waals surface area contributed by atoms with Gasteiger partial charge in [-0.3, -0.25) is 4.98 Å². The van der Waals surface area contributed by atoms with Crippen LogP contribution in [0.4, 0.5) is 0 Å². The van der Waals surface area contributed by atoms with Crippen LogP contribution in [0.5, 0.6) is 0 Å². The monoisotopic (exact) mass is 232 g/mol. The minimum Gasteiger partial charge on any atom is -0.339 e. The highest BCUT2D eigenvalue weighted by Crippen LogP contribution is 2.18. The first-order valence-electron chi connectivity index (χ1n) is 5.67. The lowest BCUT2D eigenvalue weighted by Gasteiger charge is -2.00. The Bertz CT molecular complexity index is 507. The van der Waals surface area contributed by atoms with Gasteiger partial charge in [-0.15, -0.1) is 0 Å². The summed E-state index contributed by atoms with van der Waals surface area (Å²) in [6, 6.07) is 2.05. The Morgan fingerprint density at radius 1 is 1.35 bits per heavy atom. The van der Waals surface area contributed by atoms with Crippen molar-refractivity contribution < 1.29 is 4.52 Å². The minimum absolute atomic E-state index is 0.550. The van der Waals surface area contributed by atoms with Crippen LogP contribution in [-0.2, 0) is 6.42 Å². The second kappa shape index (κ2) is 5.05. The molecule has 2 aromatic heterocycles. The average molecular weight is 232 g/mol. The molecule has 2 heterocycles. The molecule has 0 radical (unpaired) electrons. The molecule has 0 saturated carbocycles. The van der Waals surface area contributed by atoms with E-state index in [2.05, 4.69) is 21.2 Å². The van der Waals surface area contributed by atoms with Crippen LogP contribution in [0.25, 0.3) is 11.5 Å². The molecule has 0 saturated heterocycles. The molecule has 2 aromatic rings. The molecule has 0 aliphatic carbocycles. The quantitative estimate of drug-likeness (QED) is 0.867. The molecule has 5 heteroatoms. The Labute approximate surface area is 100 Å². The van der Waals surface area contributed by atoms with Crippen molar-refractivity contribution in [3.05, 3.63) is 29.3 Å². The van der Waals surface area contributed by atoms with Gasteiger partial charge in [-0.1, -0.05) is 11.2 Å². The summed E-state index contributed by atoms with van der Waals surface area (Å²) in [4.78, 5) is 8.64. The van der Waals surface area contributed by atoms with Crippen LogP contribution < -0.4 is 5.73 Å². The van der Waals surface area contributed by atoms with E-state index in [1.165, 1.54) is 0 Å². The van der Waals surface area contributed by atoms with Crippen molar-refractivity contribution in [1.29, 1.82) is 0 Å². The lowest BCUT2D eigenvalue weighted by molar-refractivity contribution is 0.376. The summed E-state index contributed by atoms with van der Waals surface area (Å²) in [5.74, 6) is 1.17. The van der Waals surface area contributed by atoms with Crippen molar-refractivity contribution in [1.82, 2.24) is 15.1 Å². The molecule has 0 aromatic carbocycles. The highest BCUT2D eigenvalue weighted by Gasteiger charge is 2.11. The van der Waals surface area contributed by atoms with Crippen molar-refractivity contribution >= 4 is 0 Å². The van der Waals surface area contributed by atoms with Gasteiger partial charge >= 0.3 is 0 Å². The van der Waals surface area contributed by atoms with Crippen LogP contribution in [0.1, 0.15) is 23.4 Å². The maximum atomic E-state index is 5.43. The van der Waals surface area contributed by atoms with Crippen LogP contribution >= 0.6 is 0 Å². The molecule has 0 amide bonds. The molecule has 0 spiro atoms. The first-order chi connectivity index (χ1) is 8.20. The number of hydrogen-bond acceptors (Lipinski definition) is 5. The summed E-state index contributed by atoms with van der Waals surface area (Å²) >= 11 is 0. The van der Waals surface area contributed by atoms with Gasteiger partial charge in [0.25, 0.3) is 0 Å². The maximum absolute atomic E-state index is 5.43.